The molecule has 0 spiro atoms. The van der Waals surface area contributed by atoms with Gasteiger partial charge in [0.15, 0.2) is 0 Å². The molecule has 5 heteroatoms. The van der Waals surface area contributed by atoms with Crippen LogP contribution in [0, 0.1) is 0 Å². The molecule has 0 unspecified atom stereocenters. The van der Waals surface area contributed by atoms with E-state index in [2.05, 4.69) is 41.5 Å². The van der Waals surface area contributed by atoms with E-state index >= 15 is 0 Å². The zero-order chi connectivity index (χ0) is 17.5. The molecule has 132 valence electrons. The first kappa shape index (κ1) is 20.1. The minimum Gasteiger partial charge on any atom is -0.543 e. The summed E-state index contributed by atoms with van der Waals surface area (Å²) in [5.74, 6) is 1.77. The van der Waals surface area contributed by atoms with Gasteiger partial charge in [-0.3, -0.25) is 0 Å². The van der Waals surface area contributed by atoms with Crippen molar-refractivity contribution in [2.24, 2.45) is 0 Å². The number of benzene rings is 1. The summed E-state index contributed by atoms with van der Waals surface area (Å²) in [6, 6.07) is 11.9. The van der Waals surface area contributed by atoms with Gasteiger partial charge in [0.05, 0.1) is 0 Å². The van der Waals surface area contributed by atoms with Gasteiger partial charge in [0, 0.05) is 18.2 Å². The second kappa shape index (κ2) is 8.78. The summed E-state index contributed by atoms with van der Waals surface area (Å²) in [5.41, 5.74) is 0. The van der Waals surface area contributed by atoms with E-state index in [0.717, 1.165) is 47.8 Å². The van der Waals surface area contributed by atoms with Gasteiger partial charge in [-0.15, -0.1) is 0 Å². The molecular weight excluding hydrogens is 320 g/mol. The highest BCUT2D eigenvalue weighted by Gasteiger charge is 2.33. The summed E-state index contributed by atoms with van der Waals surface area (Å²) in [5, 5.41) is 10.1. The summed E-state index contributed by atoms with van der Waals surface area (Å²) in [4.78, 5) is 0. The zero-order valence-electron chi connectivity index (χ0n) is 15.7. The SMILES string of the molecule is CC[Si](CC)(CC)Oc1cc(O)cc(O[Si](CC)(CC)CC)c1. The van der Waals surface area contributed by atoms with Gasteiger partial charge in [0.2, 0.25) is 16.6 Å². The number of rotatable bonds is 10. The van der Waals surface area contributed by atoms with E-state index in [1.54, 1.807) is 12.1 Å². The van der Waals surface area contributed by atoms with Crippen molar-refractivity contribution in [3.8, 4) is 17.2 Å². The Bertz CT molecular complexity index is 426. The second-order valence-electron chi connectivity index (χ2n) is 6.35. The lowest BCUT2D eigenvalue weighted by atomic mass is 10.3. The van der Waals surface area contributed by atoms with Gasteiger partial charge in [0.1, 0.15) is 17.2 Å². The number of hydrogen-bond acceptors (Lipinski definition) is 3. The smallest absolute Gasteiger partial charge is 0.250 e. The van der Waals surface area contributed by atoms with Crippen LogP contribution in [0.3, 0.4) is 0 Å². The van der Waals surface area contributed by atoms with Gasteiger partial charge in [-0.25, -0.2) is 0 Å². The molecule has 0 saturated heterocycles. The molecule has 0 atom stereocenters. The molecule has 0 aliphatic carbocycles. The Morgan fingerprint density at radius 1 is 0.652 bits per heavy atom. The molecule has 0 bridgehead atoms. The zero-order valence-corrected chi connectivity index (χ0v) is 17.7. The Labute approximate surface area is 144 Å². The maximum atomic E-state index is 10.1. The van der Waals surface area contributed by atoms with Crippen molar-refractivity contribution in [1.82, 2.24) is 0 Å². The molecule has 1 N–H and O–H groups in total. The van der Waals surface area contributed by atoms with E-state index in [0.29, 0.717) is 0 Å². The molecule has 0 radical (unpaired) electrons. The second-order valence-corrected chi connectivity index (χ2v) is 15.7. The minimum absolute atomic E-state index is 0.231. The topological polar surface area (TPSA) is 38.7 Å². The Morgan fingerprint density at radius 2 is 0.957 bits per heavy atom. The third-order valence-electron chi connectivity index (χ3n) is 5.40. The van der Waals surface area contributed by atoms with E-state index in [9.17, 15) is 5.11 Å². The summed E-state index contributed by atoms with van der Waals surface area (Å²) in [7, 11) is -3.49. The van der Waals surface area contributed by atoms with Crippen molar-refractivity contribution in [2.45, 2.75) is 77.8 Å². The molecule has 0 amide bonds. The maximum Gasteiger partial charge on any atom is 0.250 e. The monoisotopic (exact) mass is 354 g/mol. The van der Waals surface area contributed by atoms with Crippen LogP contribution >= 0.6 is 0 Å². The Morgan fingerprint density at radius 3 is 1.22 bits per heavy atom. The van der Waals surface area contributed by atoms with Crippen molar-refractivity contribution in [3.05, 3.63) is 18.2 Å². The molecule has 0 fully saturated rings. The first-order valence-electron chi connectivity index (χ1n) is 9.14. The van der Waals surface area contributed by atoms with E-state index in [4.69, 9.17) is 8.85 Å². The van der Waals surface area contributed by atoms with Crippen LogP contribution in [0.25, 0.3) is 0 Å². The van der Waals surface area contributed by atoms with E-state index in [1.807, 2.05) is 6.07 Å². The van der Waals surface area contributed by atoms with E-state index < -0.39 is 16.6 Å². The van der Waals surface area contributed by atoms with Crippen LogP contribution in [0.4, 0.5) is 0 Å². The van der Waals surface area contributed by atoms with Gasteiger partial charge < -0.3 is 14.0 Å². The fourth-order valence-electron chi connectivity index (χ4n) is 3.11. The molecule has 3 nitrogen and oxygen atoms in total. The van der Waals surface area contributed by atoms with E-state index in [-0.39, 0.29) is 5.75 Å². The molecule has 1 rings (SSSR count). The van der Waals surface area contributed by atoms with Crippen LogP contribution in [-0.4, -0.2) is 21.7 Å². The fraction of sp³-hybridized carbons (Fsp3) is 0.667. The lowest BCUT2D eigenvalue weighted by Gasteiger charge is -2.31. The minimum atomic E-state index is -1.74. The Hall–Kier alpha value is -0.946. The van der Waals surface area contributed by atoms with Crippen LogP contribution in [-0.2, 0) is 0 Å². The van der Waals surface area contributed by atoms with Crippen LogP contribution in [0.2, 0.25) is 36.3 Å². The van der Waals surface area contributed by atoms with Crippen molar-refractivity contribution >= 4 is 16.6 Å². The highest BCUT2D eigenvalue weighted by atomic mass is 28.4. The first-order valence-corrected chi connectivity index (χ1v) is 14.2. The Balaban J connectivity index is 3.08. The van der Waals surface area contributed by atoms with Gasteiger partial charge in [-0.05, 0) is 36.3 Å². The first-order chi connectivity index (χ1) is 10.9. The third-order valence-corrected chi connectivity index (χ3v) is 14.5. The van der Waals surface area contributed by atoms with Crippen LogP contribution in [0.5, 0.6) is 17.2 Å². The molecule has 1 aromatic carbocycles. The summed E-state index contributed by atoms with van der Waals surface area (Å²) < 4.78 is 12.8. The van der Waals surface area contributed by atoms with Gasteiger partial charge in [-0.2, -0.15) is 0 Å². The molecule has 0 aliphatic rings. The maximum absolute atomic E-state index is 10.1. The molecule has 0 aliphatic heterocycles. The summed E-state index contributed by atoms with van der Waals surface area (Å²) >= 11 is 0. The standard InChI is InChI=1S/C18H34O3Si2/c1-7-22(8-2,9-3)20-17-13-16(19)14-18(15-17)21-23(10-4,11-5)12-6/h13-15,19H,7-12H2,1-6H3. The molecule has 23 heavy (non-hydrogen) atoms. The molecule has 1 aromatic rings. The summed E-state index contributed by atoms with van der Waals surface area (Å²) in [6.07, 6.45) is 0. The average Bonchev–Trinajstić information content (AvgIpc) is 2.57. The fourth-order valence-corrected chi connectivity index (χ4v) is 8.21. The van der Waals surface area contributed by atoms with Crippen molar-refractivity contribution in [2.75, 3.05) is 0 Å². The van der Waals surface area contributed by atoms with Crippen molar-refractivity contribution in [3.63, 3.8) is 0 Å². The number of hydrogen-bond donors (Lipinski definition) is 1. The number of phenols is 1. The molecule has 0 aromatic heterocycles. The predicted octanol–water partition coefficient (Wildman–Crippen LogP) is 6.16. The summed E-state index contributed by atoms with van der Waals surface area (Å²) in [6.45, 7) is 13.3. The predicted molar refractivity (Wildman–Crippen MR) is 104 cm³/mol. The van der Waals surface area contributed by atoms with Gasteiger partial charge in [-0.1, -0.05) is 41.5 Å². The Kier molecular flexibility index (Phi) is 7.67. The average molecular weight is 355 g/mol. The highest BCUT2D eigenvalue weighted by molar-refractivity contribution is 6.74. The van der Waals surface area contributed by atoms with Gasteiger partial charge >= 0.3 is 0 Å². The molecular formula is C18H34O3Si2. The quantitative estimate of drug-likeness (QED) is 0.511. The third kappa shape index (κ3) is 5.01. The van der Waals surface area contributed by atoms with Crippen LogP contribution in [0.1, 0.15) is 41.5 Å². The van der Waals surface area contributed by atoms with Gasteiger partial charge in [0.25, 0.3) is 0 Å². The highest BCUT2D eigenvalue weighted by Crippen LogP contribution is 2.34. The molecule has 0 heterocycles. The van der Waals surface area contributed by atoms with Crippen LogP contribution < -0.4 is 8.85 Å². The lowest BCUT2D eigenvalue weighted by Crippen LogP contribution is -2.40. The largest absolute Gasteiger partial charge is 0.543 e. The normalized spacial score (nSPS) is 12.3. The van der Waals surface area contributed by atoms with Crippen LogP contribution in [0.15, 0.2) is 18.2 Å². The lowest BCUT2D eigenvalue weighted by molar-refractivity contribution is 0.457. The number of aromatic hydroxyl groups is 1. The van der Waals surface area contributed by atoms with Crippen molar-refractivity contribution < 1.29 is 14.0 Å². The van der Waals surface area contributed by atoms with E-state index in [1.165, 1.54) is 0 Å². The molecule has 0 saturated carbocycles. The van der Waals surface area contributed by atoms with Crippen molar-refractivity contribution in [1.29, 1.82) is 0 Å². The number of phenolic OH excluding ortho intramolecular Hbond substituents is 1.